The molecular formula is C9H16N4O3S. The minimum absolute atomic E-state index is 0.304. The average Bonchev–Trinajstić information content (AvgIpc) is 2.83. The predicted molar refractivity (Wildman–Crippen MR) is 60.8 cm³/mol. The van der Waals surface area contributed by atoms with Crippen molar-refractivity contribution in [3.63, 3.8) is 0 Å². The molecule has 2 rings (SSSR count). The SMILES string of the molecule is O=S(=O)(NCCc1ncon1)C1CCCNC1. The Hall–Kier alpha value is -0.990. The van der Waals surface area contributed by atoms with E-state index in [1.165, 1.54) is 6.39 Å². The van der Waals surface area contributed by atoms with Gasteiger partial charge in [0.15, 0.2) is 5.82 Å². The highest BCUT2D eigenvalue weighted by molar-refractivity contribution is 7.90. The summed E-state index contributed by atoms with van der Waals surface area (Å²) >= 11 is 0. The van der Waals surface area contributed by atoms with Crippen LogP contribution >= 0.6 is 0 Å². The first-order valence-electron chi connectivity index (χ1n) is 5.63. The van der Waals surface area contributed by atoms with Crippen LogP contribution in [0.15, 0.2) is 10.9 Å². The summed E-state index contributed by atoms with van der Waals surface area (Å²) in [6.45, 7) is 1.73. The zero-order valence-electron chi connectivity index (χ0n) is 9.42. The molecule has 1 unspecified atom stereocenters. The summed E-state index contributed by atoms with van der Waals surface area (Å²) in [7, 11) is -3.24. The summed E-state index contributed by atoms with van der Waals surface area (Å²) in [5.74, 6) is 0.509. The van der Waals surface area contributed by atoms with E-state index < -0.39 is 10.0 Å². The van der Waals surface area contributed by atoms with Gasteiger partial charge in [-0.2, -0.15) is 4.98 Å². The molecule has 1 saturated heterocycles. The van der Waals surface area contributed by atoms with Crippen LogP contribution in [0.1, 0.15) is 18.7 Å². The van der Waals surface area contributed by atoms with Gasteiger partial charge in [0.25, 0.3) is 0 Å². The molecule has 7 nitrogen and oxygen atoms in total. The third-order valence-electron chi connectivity index (χ3n) is 2.75. The number of hydrogen-bond acceptors (Lipinski definition) is 6. The highest BCUT2D eigenvalue weighted by atomic mass is 32.2. The molecule has 0 saturated carbocycles. The molecule has 0 spiro atoms. The first-order chi connectivity index (χ1) is 8.18. The fourth-order valence-electron chi connectivity index (χ4n) is 1.81. The lowest BCUT2D eigenvalue weighted by Gasteiger charge is -2.22. The molecule has 0 amide bonds. The minimum atomic E-state index is -3.24. The van der Waals surface area contributed by atoms with Gasteiger partial charge in [-0.25, -0.2) is 13.1 Å². The summed E-state index contributed by atoms with van der Waals surface area (Å²) < 4.78 is 30.9. The van der Waals surface area contributed by atoms with Gasteiger partial charge in [-0.05, 0) is 19.4 Å². The summed E-state index contributed by atoms with van der Waals surface area (Å²) in [4.78, 5) is 3.82. The lowest BCUT2D eigenvalue weighted by Crippen LogP contribution is -2.44. The zero-order chi connectivity index (χ0) is 12.1. The van der Waals surface area contributed by atoms with Crippen LogP contribution in [0.2, 0.25) is 0 Å². The van der Waals surface area contributed by atoms with Gasteiger partial charge in [0, 0.05) is 19.5 Å². The first-order valence-corrected chi connectivity index (χ1v) is 7.17. The molecule has 0 bridgehead atoms. The molecule has 17 heavy (non-hydrogen) atoms. The van der Waals surface area contributed by atoms with Crippen LogP contribution in [0, 0.1) is 0 Å². The molecule has 1 aliphatic heterocycles. The molecule has 1 fully saturated rings. The van der Waals surface area contributed by atoms with Crippen molar-refractivity contribution in [2.45, 2.75) is 24.5 Å². The van der Waals surface area contributed by atoms with E-state index in [0.29, 0.717) is 31.8 Å². The van der Waals surface area contributed by atoms with Crippen molar-refractivity contribution in [3.05, 3.63) is 12.2 Å². The van der Waals surface area contributed by atoms with Crippen molar-refractivity contribution in [2.75, 3.05) is 19.6 Å². The van der Waals surface area contributed by atoms with Gasteiger partial charge in [0.2, 0.25) is 16.4 Å². The molecule has 1 aliphatic rings. The van der Waals surface area contributed by atoms with Crippen LogP contribution in [-0.2, 0) is 16.4 Å². The van der Waals surface area contributed by atoms with Crippen LogP contribution in [0.5, 0.6) is 0 Å². The van der Waals surface area contributed by atoms with E-state index in [2.05, 4.69) is 24.7 Å². The molecule has 8 heteroatoms. The third kappa shape index (κ3) is 3.48. The second-order valence-electron chi connectivity index (χ2n) is 4.01. The van der Waals surface area contributed by atoms with Crippen LogP contribution < -0.4 is 10.0 Å². The van der Waals surface area contributed by atoms with Crippen molar-refractivity contribution in [2.24, 2.45) is 0 Å². The van der Waals surface area contributed by atoms with Crippen molar-refractivity contribution >= 4 is 10.0 Å². The molecular weight excluding hydrogens is 244 g/mol. The van der Waals surface area contributed by atoms with E-state index in [1.54, 1.807) is 0 Å². The van der Waals surface area contributed by atoms with Crippen LogP contribution in [0.4, 0.5) is 0 Å². The third-order valence-corrected chi connectivity index (χ3v) is 4.64. The van der Waals surface area contributed by atoms with E-state index in [9.17, 15) is 8.42 Å². The molecule has 2 heterocycles. The highest BCUT2D eigenvalue weighted by Crippen LogP contribution is 2.10. The van der Waals surface area contributed by atoms with Gasteiger partial charge in [0.05, 0.1) is 5.25 Å². The Balaban J connectivity index is 1.80. The van der Waals surface area contributed by atoms with Gasteiger partial charge in [-0.1, -0.05) is 5.16 Å². The van der Waals surface area contributed by atoms with E-state index in [4.69, 9.17) is 0 Å². The normalized spacial score (nSPS) is 21.5. The summed E-state index contributed by atoms with van der Waals surface area (Å²) in [6.07, 6.45) is 3.28. The summed E-state index contributed by atoms with van der Waals surface area (Å²) in [5, 5.41) is 6.37. The topological polar surface area (TPSA) is 97.1 Å². The average molecular weight is 260 g/mol. The van der Waals surface area contributed by atoms with E-state index in [-0.39, 0.29) is 5.25 Å². The Morgan fingerprint density at radius 2 is 2.47 bits per heavy atom. The largest absolute Gasteiger partial charge is 0.343 e. The monoisotopic (exact) mass is 260 g/mol. The Morgan fingerprint density at radius 1 is 1.59 bits per heavy atom. The molecule has 0 aromatic carbocycles. The number of nitrogens with zero attached hydrogens (tertiary/aromatic N) is 2. The van der Waals surface area contributed by atoms with Crippen molar-refractivity contribution < 1.29 is 12.9 Å². The Labute approximate surface area is 100 Å². The van der Waals surface area contributed by atoms with Gasteiger partial charge < -0.3 is 9.84 Å². The van der Waals surface area contributed by atoms with Crippen molar-refractivity contribution in [3.8, 4) is 0 Å². The van der Waals surface area contributed by atoms with Gasteiger partial charge in [-0.3, -0.25) is 0 Å². The maximum Gasteiger partial charge on any atom is 0.215 e. The maximum absolute atomic E-state index is 11.9. The van der Waals surface area contributed by atoms with Gasteiger partial charge in [0.1, 0.15) is 0 Å². The lowest BCUT2D eigenvalue weighted by atomic mass is 10.2. The zero-order valence-corrected chi connectivity index (χ0v) is 10.2. The van der Waals surface area contributed by atoms with Crippen LogP contribution in [0.3, 0.4) is 0 Å². The number of aromatic nitrogens is 2. The molecule has 1 aromatic rings. The van der Waals surface area contributed by atoms with E-state index in [1.807, 2.05) is 0 Å². The quantitative estimate of drug-likeness (QED) is 0.725. The Kier molecular flexibility index (Phi) is 4.08. The molecule has 1 atom stereocenters. The number of piperidine rings is 1. The fraction of sp³-hybridized carbons (Fsp3) is 0.778. The summed E-state index contributed by atoms with van der Waals surface area (Å²) in [5.41, 5.74) is 0. The van der Waals surface area contributed by atoms with Gasteiger partial charge in [-0.15, -0.1) is 0 Å². The van der Waals surface area contributed by atoms with Crippen LogP contribution in [0.25, 0.3) is 0 Å². The molecule has 96 valence electrons. The number of hydrogen-bond donors (Lipinski definition) is 2. The Bertz CT molecular complexity index is 425. The van der Waals surface area contributed by atoms with Crippen molar-refractivity contribution in [1.82, 2.24) is 20.2 Å². The van der Waals surface area contributed by atoms with Crippen molar-refractivity contribution in [1.29, 1.82) is 0 Å². The number of nitrogens with one attached hydrogen (secondary N) is 2. The first kappa shape index (κ1) is 12.5. The maximum atomic E-state index is 11.9. The second kappa shape index (κ2) is 5.56. The fourth-order valence-corrected chi connectivity index (χ4v) is 3.25. The smallest absolute Gasteiger partial charge is 0.215 e. The highest BCUT2D eigenvalue weighted by Gasteiger charge is 2.26. The Morgan fingerprint density at radius 3 is 3.12 bits per heavy atom. The summed E-state index contributed by atoms with van der Waals surface area (Å²) in [6, 6.07) is 0. The number of rotatable bonds is 5. The molecule has 0 radical (unpaired) electrons. The second-order valence-corrected chi connectivity index (χ2v) is 6.05. The minimum Gasteiger partial charge on any atom is -0.343 e. The molecule has 1 aromatic heterocycles. The molecule has 0 aliphatic carbocycles. The van der Waals surface area contributed by atoms with E-state index in [0.717, 1.165) is 13.0 Å². The lowest BCUT2D eigenvalue weighted by molar-refractivity contribution is 0.409. The van der Waals surface area contributed by atoms with Gasteiger partial charge >= 0.3 is 0 Å². The number of sulfonamides is 1. The van der Waals surface area contributed by atoms with E-state index >= 15 is 0 Å². The molecule has 2 N–H and O–H groups in total. The standard InChI is InChI=1S/C9H16N4O3S/c14-17(15,8-2-1-4-10-6-8)12-5-3-9-11-7-16-13-9/h7-8,10,12H,1-6H2. The van der Waals surface area contributed by atoms with Crippen LogP contribution in [-0.4, -0.2) is 43.4 Å². The predicted octanol–water partition coefficient (Wildman–Crippen LogP) is -0.716.